The van der Waals surface area contributed by atoms with E-state index >= 15 is 0 Å². The van der Waals surface area contributed by atoms with Gasteiger partial charge in [-0.05, 0) is 41.4 Å². The lowest BCUT2D eigenvalue weighted by atomic mass is 10.0. The van der Waals surface area contributed by atoms with Gasteiger partial charge in [-0.1, -0.05) is 24.3 Å². The summed E-state index contributed by atoms with van der Waals surface area (Å²) >= 11 is 0. The summed E-state index contributed by atoms with van der Waals surface area (Å²) in [6.45, 7) is -1.77. The molecule has 30 heavy (non-hydrogen) atoms. The lowest BCUT2D eigenvalue weighted by molar-refractivity contribution is -0.0505. The zero-order valence-electron chi connectivity index (χ0n) is 16.5. The normalized spacial score (nSPS) is 23.2. The Labute approximate surface area is 173 Å². The van der Waals surface area contributed by atoms with Gasteiger partial charge < -0.3 is 24.8 Å². The van der Waals surface area contributed by atoms with Crippen molar-refractivity contribution >= 4 is 5.96 Å². The minimum atomic E-state index is -2.92. The maximum atomic E-state index is 12.8. The van der Waals surface area contributed by atoms with E-state index in [1.165, 1.54) is 17.2 Å². The van der Waals surface area contributed by atoms with E-state index in [2.05, 4.69) is 44.6 Å². The number of guanidine groups is 1. The number of ether oxygens (including phenoxy) is 3. The van der Waals surface area contributed by atoms with Crippen LogP contribution in [0.15, 0.2) is 41.4 Å². The number of fused-ring (bicyclic) bond motifs is 4. The number of alkyl halides is 2. The second-order valence-electron chi connectivity index (χ2n) is 7.75. The SMILES string of the molecule is CN=C(NCc1cc2c(cc1OC(F)F)OCO2)NCC1C2Cc3ccccc3C12. The van der Waals surface area contributed by atoms with Gasteiger partial charge in [0.25, 0.3) is 0 Å². The fourth-order valence-corrected chi connectivity index (χ4v) is 4.69. The molecule has 1 saturated carbocycles. The molecule has 0 spiro atoms. The van der Waals surface area contributed by atoms with E-state index < -0.39 is 6.61 Å². The van der Waals surface area contributed by atoms with Crippen molar-refractivity contribution in [2.75, 3.05) is 20.4 Å². The van der Waals surface area contributed by atoms with Crippen LogP contribution in [0.2, 0.25) is 0 Å². The monoisotopic (exact) mass is 415 g/mol. The third-order valence-electron chi connectivity index (χ3n) is 6.15. The van der Waals surface area contributed by atoms with Crippen LogP contribution in [0.1, 0.15) is 22.6 Å². The van der Waals surface area contributed by atoms with E-state index in [0.29, 0.717) is 40.8 Å². The van der Waals surface area contributed by atoms with Crippen molar-refractivity contribution in [2.24, 2.45) is 16.8 Å². The van der Waals surface area contributed by atoms with Crippen LogP contribution in [0.5, 0.6) is 17.2 Å². The molecule has 5 rings (SSSR count). The number of hydrogen-bond donors (Lipinski definition) is 2. The summed E-state index contributed by atoms with van der Waals surface area (Å²) in [6.07, 6.45) is 1.14. The van der Waals surface area contributed by atoms with E-state index in [4.69, 9.17) is 9.47 Å². The predicted molar refractivity (Wildman–Crippen MR) is 107 cm³/mol. The van der Waals surface area contributed by atoms with Gasteiger partial charge in [0.2, 0.25) is 6.79 Å². The first-order chi connectivity index (χ1) is 14.6. The van der Waals surface area contributed by atoms with Gasteiger partial charge in [0.15, 0.2) is 17.5 Å². The second kappa shape index (κ2) is 7.66. The molecule has 1 aliphatic heterocycles. The molecule has 0 radical (unpaired) electrons. The molecule has 3 unspecified atom stereocenters. The number of nitrogens with one attached hydrogen (secondary N) is 2. The lowest BCUT2D eigenvalue weighted by Gasteiger charge is -2.16. The van der Waals surface area contributed by atoms with E-state index in [1.54, 1.807) is 13.1 Å². The Morgan fingerprint density at radius 3 is 2.80 bits per heavy atom. The molecule has 0 bridgehead atoms. The number of aliphatic imine (C=N–C) groups is 1. The molecule has 0 saturated heterocycles. The summed E-state index contributed by atoms with van der Waals surface area (Å²) in [5, 5.41) is 6.54. The Bertz CT molecular complexity index is 982. The van der Waals surface area contributed by atoms with Gasteiger partial charge in [0.1, 0.15) is 5.75 Å². The van der Waals surface area contributed by atoms with Gasteiger partial charge in [0.05, 0.1) is 0 Å². The minimum absolute atomic E-state index is 0.0607. The fourth-order valence-electron chi connectivity index (χ4n) is 4.69. The maximum absolute atomic E-state index is 12.8. The van der Waals surface area contributed by atoms with Gasteiger partial charge in [-0.2, -0.15) is 8.78 Å². The molecule has 8 heteroatoms. The zero-order valence-corrected chi connectivity index (χ0v) is 16.5. The minimum Gasteiger partial charge on any atom is -0.454 e. The van der Waals surface area contributed by atoms with Crippen molar-refractivity contribution in [1.82, 2.24) is 10.6 Å². The molecule has 2 N–H and O–H groups in total. The molecule has 3 atom stereocenters. The number of nitrogens with zero attached hydrogens (tertiary/aromatic N) is 1. The summed E-state index contributed by atoms with van der Waals surface area (Å²) in [5.41, 5.74) is 3.49. The number of halogens is 2. The Hall–Kier alpha value is -3.03. The van der Waals surface area contributed by atoms with E-state index in [-0.39, 0.29) is 19.1 Å². The third kappa shape index (κ3) is 3.51. The third-order valence-corrected chi connectivity index (χ3v) is 6.15. The van der Waals surface area contributed by atoms with Gasteiger partial charge in [-0.3, -0.25) is 4.99 Å². The Balaban J connectivity index is 1.19. The van der Waals surface area contributed by atoms with Crippen LogP contribution in [-0.4, -0.2) is 33.0 Å². The molecule has 2 aromatic rings. The topological polar surface area (TPSA) is 64.1 Å². The van der Waals surface area contributed by atoms with Crippen molar-refractivity contribution < 1.29 is 23.0 Å². The standard InChI is InChI=1S/C22H23F2N3O3/c1-25-22(27-10-16-15-6-12-4-2-3-5-14(12)20(15)16)26-9-13-7-18-19(29-11-28-18)8-17(13)30-21(23)24/h2-5,7-8,15-16,20-21H,6,9-11H2,1H3,(H2,25,26,27). The summed E-state index contributed by atoms with van der Waals surface area (Å²) in [6, 6.07) is 11.8. The maximum Gasteiger partial charge on any atom is 0.387 e. The van der Waals surface area contributed by atoms with Crippen molar-refractivity contribution in [3.05, 3.63) is 53.1 Å². The van der Waals surface area contributed by atoms with Crippen LogP contribution in [0.3, 0.4) is 0 Å². The van der Waals surface area contributed by atoms with Gasteiger partial charge in [-0.15, -0.1) is 0 Å². The van der Waals surface area contributed by atoms with Crippen LogP contribution in [-0.2, 0) is 13.0 Å². The van der Waals surface area contributed by atoms with Crippen molar-refractivity contribution in [3.8, 4) is 17.2 Å². The molecule has 0 amide bonds. The molecular weight excluding hydrogens is 392 g/mol. The number of hydrogen-bond acceptors (Lipinski definition) is 4. The highest BCUT2D eigenvalue weighted by molar-refractivity contribution is 5.79. The first-order valence-corrected chi connectivity index (χ1v) is 10.0. The molecule has 6 nitrogen and oxygen atoms in total. The predicted octanol–water partition coefficient (Wildman–Crippen LogP) is 3.27. The van der Waals surface area contributed by atoms with E-state index in [9.17, 15) is 8.78 Å². The Morgan fingerprint density at radius 2 is 2.00 bits per heavy atom. The lowest BCUT2D eigenvalue weighted by Crippen LogP contribution is -2.38. The molecule has 1 fully saturated rings. The summed E-state index contributed by atoms with van der Waals surface area (Å²) in [4.78, 5) is 4.25. The first-order valence-electron chi connectivity index (χ1n) is 10.0. The summed E-state index contributed by atoms with van der Waals surface area (Å²) in [7, 11) is 1.69. The molecule has 0 aromatic heterocycles. The number of benzene rings is 2. The molecule has 1 heterocycles. The van der Waals surface area contributed by atoms with Crippen molar-refractivity contribution in [2.45, 2.75) is 25.5 Å². The highest BCUT2D eigenvalue weighted by Gasteiger charge is 2.54. The van der Waals surface area contributed by atoms with Gasteiger partial charge in [0, 0.05) is 31.8 Å². The largest absolute Gasteiger partial charge is 0.454 e. The molecule has 2 aromatic carbocycles. The second-order valence-corrected chi connectivity index (χ2v) is 7.75. The Kier molecular flexibility index (Phi) is 4.84. The molecular formula is C22H23F2N3O3. The summed E-state index contributed by atoms with van der Waals surface area (Å²) < 4.78 is 40.9. The number of rotatable bonds is 6. The zero-order chi connectivity index (χ0) is 20.7. The fraction of sp³-hybridized carbons (Fsp3) is 0.409. The van der Waals surface area contributed by atoms with Gasteiger partial charge >= 0.3 is 6.61 Å². The van der Waals surface area contributed by atoms with E-state index in [1.807, 2.05) is 0 Å². The smallest absolute Gasteiger partial charge is 0.387 e. The van der Waals surface area contributed by atoms with Crippen LogP contribution >= 0.6 is 0 Å². The van der Waals surface area contributed by atoms with E-state index in [0.717, 1.165) is 13.0 Å². The van der Waals surface area contributed by atoms with Gasteiger partial charge in [-0.25, -0.2) is 0 Å². The average Bonchev–Trinajstić information content (AvgIpc) is 3.06. The Morgan fingerprint density at radius 1 is 1.20 bits per heavy atom. The van der Waals surface area contributed by atoms with Crippen molar-refractivity contribution in [3.63, 3.8) is 0 Å². The quantitative estimate of drug-likeness (QED) is 0.560. The van der Waals surface area contributed by atoms with Crippen molar-refractivity contribution in [1.29, 1.82) is 0 Å². The molecule has 158 valence electrons. The average molecular weight is 415 g/mol. The van der Waals surface area contributed by atoms with Crippen LogP contribution in [0.25, 0.3) is 0 Å². The molecule has 3 aliphatic rings. The van der Waals surface area contributed by atoms with Crippen LogP contribution in [0, 0.1) is 11.8 Å². The highest BCUT2D eigenvalue weighted by Crippen LogP contribution is 2.60. The summed E-state index contributed by atoms with van der Waals surface area (Å²) in [5.74, 6) is 3.53. The molecule has 2 aliphatic carbocycles. The van der Waals surface area contributed by atoms with Crippen LogP contribution in [0.4, 0.5) is 8.78 Å². The highest BCUT2D eigenvalue weighted by atomic mass is 19.3. The first kappa shape index (κ1) is 19.0. The van der Waals surface area contributed by atoms with Crippen LogP contribution < -0.4 is 24.8 Å².